The molecule has 0 saturated carbocycles. The molecule has 0 fully saturated rings. The zero-order valence-corrected chi connectivity index (χ0v) is 15.0. The van der Waals surface area contributed by atoms with Gasteiger partial charge in [0, 0.05) is 0 Å². The Hall–Kier alpha value is -3.61. The number of para-hydroxylation sites is 2. The van der Waals surface area contributed by atoms with Crippen LogP contribution in [0, 0.1) is 0 Å². The molecular formula is C20H19N3O4. The minimum atomic E-state index is -0.560. The molecule has 0 aliphatic heterocycles. The van der Waals surface area contributed by atoms with Crippen LogP contribution in [0.1, 0.15) is 27.6 Å². The lowest BCUT2D eigenvalue weighted by atomic mass is 10.2. The average Bonchev–Trinajstić information content (AvgIpc) is 3.12. The van der Waals surface area contributed by atoms with Gasteiger partial charge in [-0.1, -0.05) is 30.3 Å². The molecule has 0 aliphatic rings. The van der Waals surface area contributed by atoms with Crippen LogP contribution in [0.25, 0.3) is 5.69 Å². The van der Waals surface area contributed by atoms with Gasteiger partial charge in [0.15, 0.2) is 5.82 Å². The van der Waals surface area contributed by atoms with Gasteiger partial charge in [-0.3, -0.25) is 4.79 Å². The second-order valence-electron chi connectivity index (χ2n) is 5.53. The van der Waals surface area contributed by atoms with E-state index in [0.29, 0.717) is 17.0 Å². The number of nitrogens with one attached hydrogen (secondary N) is 1. The Morgan fingerprint density at radius 3 is 2.44 bits per heavy atom. The molecule has 1 aromatic heterocycles. The third kappa shape index (κ3) is 3.82. The third-order valence-electron chi connectivity index (χ3n) is 3.85. The van der Waals surface area contributed by atoms with Gasteiger partial charge < -0.3 is 14.8 Å². The van der Waals surface area contributed by atoms with Gasteiger partial charge in [-0.05, 0) is 31.2 Å². The van der Waals surface area contributed by atoms with Crippen LogP contribution in [0.4, 0.5) is 5.82 Å². The minimum Gasteiger partial charge on any atom is -0.496 e. The molecule has 0 saturated heterocycles. The zero-order valence-electron chi connectivity index (χ0n) is 15.0. The number of hydrogen-bond donors (Lipinski definition) is 1. The number of amides is 1. The first-order valence-corrected chi connectivity index (χ1v) is 8.40. The van der Waals surface area contributed by atoms with E-state index in [1.54, 1.807) is 31.2 Å². The maximum Gasteiger partial charge on any atom is 0.343 e. The Balaban J connectivity index is 2.03. The molecule has 0 unspecified atom stereocenters. The highest BCUT2D eigenvalue weighted by molar-refractivity contribution is 6.08. The number of methoxy groups -OCH3 is 1. The minimum absolute atomic E-state index is 0.170. The molecule has 0 atom stereocenters. The Kier molecular flexibility index (Phi) is 5.51. The van der Waals surface area contributed by atoms with Crippen LogP contribution < -0.4 is 10.1 Å². The van der Waals surface area contributed by atoms with E-state index in [1.807, 2.05) is 30.3 Å². The first-order valence-electron chi connectivity index (χ1n) is 8.40. The maximum absolute atomic E-state index is 12.8. The molecule has 1 heterocycles. The van der Waals surface area contributed by atoms with E-state index in [1.165, 1.54) is 18.0 Å². The Labute approximate surface area is 156 Å². The van der Waals surface area contributed by atoms with E-state index < -0.39 is 11.9 Å². The molecule has 1 N–H and O–H groups in total. The monoisotopic (exact) mass is 365 g/mol. The summed E-state index contributed by atoms with van der Waals surface area (Å²) in [6.07, 6.45) is 1.38. The fourth-order valence-corrected chi connectivity index (χ4v) is 2.60. The van der Waals surface area contributed by atoms with Crippen LogP contribution in [0.3, 0.4) is 0 Å². The van der Waals surface area contributed by atoms with Crippen molar-refractivity contribution in [1.29, 1.82) is 0 Å². The standard InChI is InChI=1S/C20H19N3O4/c1-3-27-20(25)16-13-21-23(14-9-5-4-6-10-14)18(16)22-19(24)15-11-7-8-12-17(15)26-2/h4-13H,3H2,1-2H3,(H,22,24). The van der Waals surface area contributed by atoms with Crippen LogP contribution >= 0.6 is 0 Å². The molecule has 138 valence electrons. The molecule has 0 bridgehead atoms. The van der Waals surface area contributed by atoms with Crippen LogP contribution in [0.2, 0.25) is 0 Å². The number of rotatable bonds is 6. The van der Waals surface area contributed by atoms with Crippen molar-refractivity contribution < 1.29 is 19.1 Å². The van der Waals surface area contributed by atoms with Gasteiger partial charge in [-0.25, -0.2) is 9.48 Å². The molecule has 3 aromatic rings. The van der Waals surface area contributed by atoms with E-state index in [0.717, 1.165) is 0 Å². The van der Waals surface area contributed by atoms with Gasteiger partial charge in [-0.15, -0.1) is 0 Å². The van der Waals surface area contributed by atoms with E-state index in [-0.39, 0.29) is 18.0 Å². The summed E-state index contributed by atoms with van der Waals surface area (Å²) in [7, 11) is 1.49. The lowest BCUT2D eigenvalue weighted by Gasteiger charge is -2.12. The summed E-state index contributed by atoms with van der Waals surface area (Å²) in [6.45, 7) is 1.93. The second-order valence-corrected chi connectivity index (χ2v) is 5.53. The van der Waals surface area contributed by atoms with Crippen molar-refractivity contribution in [2.75, 3.05) is 19.0 Å². The van der Waals surface area contributed by atoms with Gasteiger partial charge in [0.2, 0.25) is 0 Å². The van der Waals surface area contributed by atoms with Gasteiger partial charge in [0.25, 0.3) is 5.91 Å². The van der Waals surface area contributed by atoms with Crippen molar-refractivity contribution in [3.63, 3.8) is 0 Å². The Morgan fingerprint density at radius 1 is 1.04 bits per heavy atom. The van der Waals surface area contributed by atoms with Crippen LogP contribution in [0.5, 0.6) is 5.75 Å². The highest BCUT2D eigenvalue weighted by atomic mass is 16.5. The number of hydrogen-bond acceptors (Lipinski definition) is 5. The first-order chi connectivity index (χ1) is 13.2. The fourth-order valence-electron chi connectivity index (χ4n) is 2.60. The van der Waals surface area contributed by atoms with Gasteiger partial charge in [0.1, 0.15) is 11.3 Å². The molecule has 7 heteroatoms. The summed E-state index contributed by atoms with van der Waals surface area (Å²) in [6, 6.07) is 16.0. The van der Waals surface area contributed by atoms with E-state index in [9.17, 15) is 9.59 Å². The summed E-state index contributed by atoms with van der Waals surface area (Å²) in [5, 5.41) is 7.02. The normalized spacial score (nSPS) is 10.3. The number of nitrogens with zero attached hydrogens (tertiary/aromatic N) is 2. The smallest absolute Gasteiger partial charge is 0.343 e. The van der Waals surface area contributed by atoms with Crippen molar-refractivity contribution in [2.24, 2.45) is 0 Å². The molecular weight excluding hydrogens is 346 g/mol. The Bertz CT molecular complexity index is 951. The molecule has 7 nitrogen and oxygen atoms in total. The molecule has 0 aliphatic carbocycles. The number of carbonyl (C=O) groups is 2. The molecule has 1 amide bonds. The number of esters is 1. The van der Waals surface area contributed by atoms with E-state index in [2.05, 4.69) is 10.4 Å². The van der Waals surface area contributed by atoms with Crippen LogP contribution in [0.15, 0.2) is 60.8 Å². The SMILES string of the molecule is CCOC(=O)c1cnn(-c2ccccc2)c1NC(=O)c1ccccc1OC. The second kappa shape index (κ2) is 8.18. The van der Waals surface area contributed by atoms with Crippen LogP contribution in [-0.4, -0.2) is 35.4 Å². The summed E-state index contributed by atoms with van der Waals surface area (Å²) >= 11 is 0. The highest BCUT2D eigenvalue weighted by Crippen LogP contribution is 2.24. The Morgan fingerprint density at radius 2 is 1.74 bits per heavy atom. The lowest BCUT2D eigenvalue weighted by Crippen LogP contribution is -2.18. The van der Waals surface area contributed by atoms with Crippen molar-refractivity contribution in [3.8, 4) is 11.4 Å². The zero-order chi connectivity index (χ0) is 19.2. The van der Waals surface area contributed by atoms with Gasteiger partial charge in [-0.2, -0.15) is 5.10 Å². The number of carbonyl (C=O) groups excluding carboxylic acids is 2. The fraction of sp³-hybridized carbons (Fsp3) is 0.150. The largest absolute Gasteiger partial charge is 0.496 e. The average molecular weight is 365 g/mol. The number of benzene rings is 2. The van der Waals surface area contributed by atoms with Crippen LogP contribution in [-0.2, 0) is 4.74 Å². The van der Waals surface area contributed by atoms with Gasteiger partial charge >= 0.3 is 5.97 Å². The quantitative estimate of drug-likeness (QED) is 0.678. The maximum atomic E-state index is 12.8. The summed E-state index contributed by atoms with van der Waals surface area (Å²) in [5.41, 5.74) is 1.21. The summed E-state index contributed by atoms with van der Waals surface area (Å²) in [4.78, 5) is 25.1. The van der Waals surface area contributed by atoms with Crippen molar-refractivity contribution in [3.05, 3.63) is 71.9 Å². The summed E-state index contributed by atoms with van der Waals surface area (Å²) < 4.78 is 11.8. The summed E-state index contributed by atoms with van der Waals surface area (Å²) in [5.74, 6) is -0.320. The predicted octanol–water partition coefficient (Wildman–Crippen LogP) is 3.31. The van der Waals surface area contributed by atoms with Crippen molar-refractivity contribution in [1.82, 2.24) is 9.78 Å². The van der Waals surface area contributed by atoms with Crippen molar-refractivity contribution in [2.45, 2.75) is 6.92 Å². The molecule has 3 rings (SSSR count). The first kappa shape index (κ1) is 18.2. The van der Waals surface area contributed by atoms with Gasteiger partial charge in [0.05, 0.1) is 31.2 Å². The number of aromatic nitrogens is 2. The molecule has 27 heavy (non-hydrogen) atoms. The lowest BCUT2D eigenvalue weighted by molar-refractivity contribution is 0.0527. The molecule has 2 aromatic carbocycles. The van der Waals surface area contributed by atoms with E-state index >= 15 is 0 Å². The van der Waals surface area contributed by atoms with Crippen molar-refractivity contribution >= 4 is 17.7 Å². The number of anilines is 1. The molecule has 0 radical (unpaired) electrons. The predicted molar refractivity (Wildman–Crippen MR) is 100 cm³/mol. The highest BCUT2D eigenvalue weighted by Gasteiger charge is 2.23. The van der Waals surface area contributed by atoms with E-state index in [4.69, 9.17) is 9.47 Å². The topological polar surface area (TPSA) is 82.5 Å². The number of ether oxygens (including phenoxy) is 2. The molecule has 0 spiro atoms. The third-order valence-corrected chi connectivity index (χ3v) is 3.85.